The van der Waals surface area contributed by atoms with Crippen LogP contribution in [0.1, 0.15) is 51.4 Å². The van der Waals surface area contributed by atoms with E-state index in [-0.39, 0.29) is 0 Å². The van der Waals surface area contributed by atoms with Gasteiger partial charge < -0.3 is 9.88 Å². The Labute approximate surface area is 135 Å². The van der Waals surface area contributed by atoms with E-state index in [0.29, 0.717) is 0 Å². The molecule has 0 aromatic carbocycles. The van der Waals surface area contributed by atoms with Gasteiger partial charge in [-0.05, 0) is 64.8 Å². The predicted molar refractivity (Wildman–Crippen MR) is 97.0 cm³/mol. The van der Waals surface area contributed by atoms with E-state index < -0.39 is 0 Å². The molecule has 0 saturated heterocycles. The number of allylic oxidation sites excluding steroid dienone is 5. The van der Waals surface area contributed by atoms with Crippen LogP contribution >= 0.6 is 0 Å². The van der Waals surface area contributed by atoms with Gasteiger partial charge in [0.15, 0.2) is 0 Å². The van der Waals surface area contributed by atoms with Crippen molar-refractivity contribution in [3.8, 4) is 0 Å². The molecule has 1 N–H and O–H groups in total. The summed E-state index contributed by atoms with van der Waals surface area (Å²) < 4.78 is 2.22. The van der Waals surface area contributed by atoms with E-state index in [2.05, 4.69) is 47.4 Å². The third kappa shape index (κ3) is 4.99. The Kier molecular flexibility index (Phi) is 8.53. The minimum Gasteiger partial charge on any atom is -0.320 e. The maximum absolute atomic E-state index is 4.67. The van der Waals surface area contributed by atoms with Crippen molar-refractivity contribution in [1.82, 2.24) is 14.9 Å². The van der Waals surface area contributed by atoms with E-state index in [1.807, 2.05) is 26.4 Å². The second-order valence-electron chi connectivity index (χ2n) is 5.55. The number of aromatic nitrogens is 2. The SMILES string of the molecule is C=C/C(C)=C(\C=C/C)n1cnc(CCCCCNC)c1CC. The average molecular weight is 301 g/mol. The third-order valence-corrected chi connectivity index (χ3v) is 3.92. The Bertz CT molecular complexity index is 521. The molecule has 0 aliphatic rings. The normalized spacial score (nSPS) is 12.7. The van der Waals surface area contributed by atoms with Crippen LogP contribution in [0, 0.1) is 0 Å². The lowest BCUT2D eigenvalue weighted by Gasteiger charge is -2.12. The Hall–Kier alpha value is -1.61. The molecule has 0 spiro atoms. The minimum absolute atomic E-state index is 0.997. The van der Waals surface area contributed by atoms with Crippen LogP contribution in [0.5, 0.6) is 0 Å². The summed E-state index contributed by atoms with van der Waals surface area (Å²) in [7, 11) is 2.01. The molecular weight excluding hydrogens is 270 g/mol. The molecule has 122 valence electrons. The molecule has 0 unspecified atom stereocenters. The summed E-state index contributed by atoms with van der Waals surface area (Å²) in [6, 6.07) is 0. The van der Waals surface area contributed by atoms with Gasteiger partial charge in [-0.1, -0.05) is 32.1 Å². The first-order valence-electron chi connectivity index (χ1n) is 8.35. The quantitative estimate of drug-likeness (QED) is 0.513. The van der Waals surface area contributed by atoms with E-state index in [1.54, 1.807) is 0 Å². The Morgan fingerprint density at radius 3 is 2.73 bits per heavy atom. The third-order valence-electron chi connectivity index (χ3n) is 3.92. The van der Waals surface area contributed by atoms with Gasteiger partial charge >= 0.3 is 0 Å². The molecule has 22 heavy (non-hydrogen) atoms. The number of hydrogen-bond donors (Lipinski definition) is 1. The molecule has 0 atom stereocenters. The van der Waals surface area contributed by atoms with E-state index >= 15 is 0 Å². The highest BCUT2D eigenvalue weighted by Crippen LogP contribution is 2.21. The average Bonchev–Trinajstić information content (AvgIpc) is 2.94. The van der Waals surface area contributed by atoms with Crippen LogP contribution in [-0.4, -0.2) is 23.1 Å². The van der Waals surface area contributed by atoms with E-state index in [4.69, 9.17) is 0 Å². The van der Waals surface area contributed by atoms with Gasteiger partial charge in [0.25, 0.3) is 0 Å². The number of hydrogen-bond acceptors (Lipinski definition) is 2. The van der Waals surface area contributed by atoms with Crippen LogP contribution in [0.15, 0.2) is 36.7 Å². The Morgan fingerprint density at radius 2 is 2.14 bits per heavy atom. The summed E-state index contributed by atoms with van der Waals surface area (Å²) >= 11 is 0. The number of imidazole rings is 1. The fourth-order valence-corrected chi connectivity index (χ4v) is 2.64. The summed E-state index contributed by atoms with van der Waals surface area (Å²) in [5, 5.41) is 3.20. The molecule has 0 saturated carbocycles. The maximum Gasteiger partial charge on any atom is 0.0997 e. The van der Waals surface area contributed by atoms with Gasteiger partial charge in [0.2, 0.25) is 0 Å². The van der Waals surface area contributed by atoms with Crippen LogP contribution in [-0.2, 0) is 12.8 Å². The fraction of sp³-hybridized carbons (Fsp3) is 0.526. The smallest absolute Gasteiger partial charge is 0.0997 e. The van der Waals surface area contributed by atoms with Crippen molar-refractivity contribution in [2.24, 2.45) is 0 Å². The monoisotopic (exact) mass is 301 g/mol. The highest BCUT2D eigenvalue weighted by molar-refractivity contribution is 5.64. The van der Waals surface area contributed by atoms with Crippen LogP contribution in [0.3, 0.4) is 0 Å². The number of rotatable bonds is 10. The summed E-state index contributed by atoms with van der Waals surface area (Å²) in [6.07, 6.45) is 13.8. The second-order valence-corrected chi connectivity index (χ2v) is 5.55. The second kappa shape index (κ2) is 10.2. The van der Waals surface area contributed by atoms with Crippen molar-refractivity contribution < 1.29 is 0 Å². The van der Waals surface area contributed by atoms with Crippen LogP contribution in [0.4, 0.5) is 0 Å². The molecule has 1 aromatic rings. The largest absolute Gasteiger partial charge is 0.320 e. The van der Waals surface area contributed by atoms with Crippen molar-refractivity contribution in [1.29, 1.82) is 0 Å². The van der Waals surface area contributed by atoms with E-state index in [0.717, 1.165) is 19.4 Å². The van der Waals surface area contributed by atoms with Crippen molar-refractivity contribution >= 4 is 5.70 Å². The van der Waals surface area contributed by atoms with E-state index in [1.165, 1.54) is 41.9 Å². The molecule has 0 bridgehead atoms. The van der Waals surface area contributed by atoms with Gasteiger partial charge in [-0.3, -0.25) is 0 Å². The van der Waals surface area contributed by atoms with Gasteiger partial charge in [-0.2, -0.15) is 0 Å². The fourth-order valence-electron chi connectivity index (χ4n) is 2.64. The lowest BCUT2D eigenvalue weighted by atomic mass is 10.1. The summed E-state index contributed by atoms with van der Waals surface area (Å²) in [6.45, 7) is 11.3. The molecule has 0 aliphatic heterocycles. The number of nitrogens with one attached hydrogen (secondary N) is 1. The molecular formula is C19H31N3. The van der Waals surface area contributed by atoms with Crippen molar-refractivity contribution in [2.75, 3.05) is 13.6 Å². The Balaban J connectivity index is 2.92. The Morgan fingerprint density at radius 1 is 1.36 bits per heavy atom. The summed E-state index contributed by atoms with van der Waals surface area (Å²) in [4.78, 5) is 4.67. The lowest BCUT2D eigenvalue weighted by Crippen LogP contribution is -2.07. The standard InChI is InChI=1S/C19H31N3/c1-6-12-19(16(4)7-2)22-15-21-17(18(22)8-3)13-10-9-11-14-20-5/h6-7,12,15,20H,2,8-11,13-14H2,1,3-5H3/b12-6-,19-16+. The molecule has 3 heteroatoms. The summed E-state index contributed by atoms with van der Waals surface area (Å²) in [5.74, 6) is 0. The molecule has 1 aromatic heterocycles. The summed E-state index contributed by atoms with van der Waals surface area (Å²) in [5.41, 5.74) is 4.91. The van der Waals surface area contributed by atoms with Crippen molar-refractivity contribution in [3.05, 3.63) is 48.1 Å². The van der Waals surface area contributed by atoms with Gasteiger partial charge in [-0.15, -0.1) is 0 Å². The number of nitrogens with zero attached hydrogens (tertiary/aromatic N) is 2. The first-order valence-corrected chi connectivity index (χ1v) is 8.35. The lowest BCUT2D eigenvalue weighted by molar-refractivity contribution is 0.637. The molecule has 1 heterocycles. The van der Waals surface area contributed by atoms with Gasteiger partial charge in [-0.25, -0.2) is 4.98 Å². The zero-order chi connectivity index (χ0) is 16.4. The molecule has 0 fully saturated rings. The highest BCUT2D eigenvalue weighted by atomic mass is 15.1. The molecule has 1 rings (SSSR count). The van der Waals surface area contributed by atoms with Gasteiger partial charge in [0.1, 0.15) is 0 Å². The highest BCUT2D eigenvalue weighted by Gasteiger charge is 2.11. The molecule has 3 nitrogen and oxygen atoms in total. The van der Waals surface area contributed by atoms with Crippen LogP contribution < -0.4 is 5.32 Å². The van der Waals surface area contributed by atoms with Crippen molar-refractivity contribution in [3.63, 3.8) is 0 Å². The first kappa shape index (κ1) is 18.4. The number of aryl methyl sites for hydroxylation is 1. The number of unbranched alkanes of at least 4 members (excludes halogenated alkanes) is 2. The molecule has 0 radical (unpaired) electrons. The van der Waals surface area contributed by atoms with Gasteiger partial charge in [0.05, 0.1) is 12.0 Å². The zero-order valence-corrected chi connectivity index (χ0v) is 14.7. The maximum atomic E-state index is 4.67. The van der Waals surface area contributed by atoms with E-state index in [9.17, 15) is 0 Å². The minimum atomic E-state index is 0.997. The van der Waals surface area contributed by atoms with Crippen LogP contribution in [0.2, 0.25) is 0 Å². The van der Waals surface area contributed by atoms with Crippen molar-refractivity contribution in [2.45, 2.75) is 52.9 Å². The first-order chi connectivity index (χ1) is 10.7. The zero-order valence-electron chi connectivity index (χ0n) is 14.7. The molecule has 0 amide bonds. The van der Waals surface area contributed by atoms with Gasteiger partial charge in [0, 0.05) is 11.4 Å². The topological polar surface area (TPSA) is 29.9 Å². The van der Waals surface area contributed by atoms with Crippen LogP contribution in [0.25, 0.3) is 5.70 Å². The molecule has 0 aliphatic carbocycles. The predicted octanol–water partition coefficient (Wildman–Crippen LogP) is 4.37.